The van der Waals surface area contributed by atoms with Crippen LogP contribution in [-0.2, 0) is 11.3 Å². The van der Waals surface area contributed by atoms with Crippen molar-refractivity contribution in [1.29, 1.82) is 0 Å². The van der Waals surface area contributed by atoms with Crippen LogP contribution in [0.5, 0.6) is 0 Å². The number of hydrogen-bond donors (Lipinski definition) is 1. The molecule has 1 heterocycles. The summed E-state index contributed by atoms with van der Waals surface area (Å²) in [7, 11) is 0. The highest BCUT2D eigenvalue weighted by atomic mass is 35.5. The molecule has 1 saturated heterocycles. The van der Waals surface area contributed by atoms with E-state index in [1.54, 1.807) is 0 Å². The zero-order valence-electron chi connectivity index (χ0n) is 13.9. The molecule has 0 spiro atoms. The van der Waals surface area contributed by atoms with Crippen LogP contribution in [0.4, 0.5) is 0 Å². The predicted molar refractivity (Wildman–Crippen MR) is 100 cm³/mol. The Labute approximate surface area is 150 Å². The van der Waals surface area contributed by atoms with Crippen molar-refractivity contribution in [3.63, 3.8) is 0 Å². The maximum Gasteiger partial charge on any atom is 0.242 e. The topological polar surface area (TPSA) is 32.3 Å². The molecule has 4 heteroatoms. The second-order valence-electron chi connectivity index (χ2n) is 6.11. The van der Waals surface area contributed by atoms with E-state index in [2.05, 4.69) is 22.3 Å². The highest BCUT2D eigenvalue weighted by Gasteiger charge is 2.28. The molecule has 3 rings (SSSR count). The normalized spacial score (nSPS) is 16.0. The van der Waals surface area contributed by atoms with Crippen LogP contribution < -0.4 is 5.32 Å². The number of nitrogens with zero attached hydrogens (tertiary/aromatic N) is 1. The molecule has 1 aliphatic heterocycles. The highest BCUT2D eigenvalue weighted by molar-refractivity contribution is 5.85. The lowest BCUT2D eigenvalue weighted by Crippen LogP contribution is -2.42. The molecule has 3 nitrogen and oxygen atoms in total. The van der Waals surface area contributed by atoms with E-state index < -0.39 is 0 Å². The molecule has 0 bridgehead atoms. The molecule has 0 aromatic heterocycles. The first-order valence-corrected chi connectivity index (χ1v) is 8.45. The minimum atomic E-state index is -0.180. The molecule has 2 aromatic carbocycles. The van der Waals surface area contributed by atoms with E-state index in [-0.39, 0.29) is 24.4 Å². The summed E-state index contributed by atoms with van der Waals surface area (Å²) in [6.45, 7) is 2.58. The number of rotatable bonds is 5. The molecule has 1 unspecified atom stereocenters. The number of piperidine rings is 1. The number of likely N-dealkylation sites (tertiary alicyclic amines) is 1. The minimum absolute atomic E-state index is 0. The maximum atomic E-state index is 12.9. The quantitative estimate of drug-likeness (QED) is 0.890. The van der Waals surface area contributed by atoms with Crippen molar-refractivity contribution < 1.29 is 4.79 Å². The second-order valence-corrected chi connectivity index (χ2v) is 6.11. The Balaban J connectivity index is 0.00000208. The van der Waals surface area contributed by atoms with Crippen LogP contribution in [-0.4, -0.2) is 23.9 Å². The summed E-state index contributed by atoms with van der Waals surface area (Å²) in [6.07, 6.45) is 3.62. The second kappa shape index (κ2) is 9.45. The SMILES string of the molecule is Cl.O=C(NCc1ccccc1)C(c1ccccc1)N1CCCCC1. The van der Waals surface area contributed by atoms with Crippen LogP contribution in [0.15, 0.2) is 60.7 Å². The number of carbonyl (C=O) groups excluding carboxylic acids is 1. The van der Waals surface area contributed by atoms with Gasteiger partial charge in [0, 0.05) is 6.54 Å². The molecule has 0 radical (unpaired) electrons. The zero-order chi connectivity index (χ0) is 15.9. The Bertz CT molecular complexity index is 612. The first kappa shape index (κ1) is 18.5. The van der Waals surface area contributed by atoms with Gasteiger partial charge in [0.25, 0.3) is 0 Å². The summed E-state index contributed by atoms with van der Waals surface area (Å²) in [6, 6.07) is 20.0. The maximum absolute atomic E-state index is 12.9. The highest BCUT2D eigenvalue weighted by Crippen LogP contribution is 2.25. The third-order valence-electron chi connectivity index (χ3n) is 4.43. The van der Waals surface area contributed by atoms with Gasteiger partial charge in [-0.3, -0.25) is 9.69 Å². The molecule has 1 N–H and O–H groups in total. The fourth-order valence-corrected chi connectivity index (χ4v) is 3.22. The molecule has 128 valence electrons. The molecule has 24 heavy (non-hydrogen) atoms. The third kappa shape index (κ3) is 4.83. The Morgan fingerprint density at radius 3 is 2.12 bits per heavy atom. The van der Waals surface area contributed by atoms with Crippen molar-refractivity contribution in [2.45, 2.75) is 31.8 Å². The van der Waals surface area contributed by atoms with Gasteiger partial charge in [0.05, 0.1) is 0 Å². The summed E-state index contributed by atoms with van der Waals surface area (Å²) in [5.41, 5.74) is 2.21. The molecule has 1 amide bonds. The van der Waals surface area contributed by atoms with E-state index in [0.717, 1.165) is 24.2 Å². The molecule has 1 aliphatic rings. The lowest BCUT2D eigenvalue weighted by molar-refractivity contribution is -0.127. The fraction of sp³-hybridized carbons (Fsp3) is 0.350. The van der Waals surface area contributed by atoms with Crippen molar-refractivity contribution in [2.24, 2.45) is 0 Å². The van der Waals surface area contributed by atoms with E-state index in [4.69, 9.17) is 0 Å². The summed E-state index contributed by atoms with van der Waals surface area (Å²) < 4.78 is 0. The van der Waals surface area contributed by atoms with Crippen molar-refractivity contribution in [3.8, 4) is 0 Å². The van der Waals surface area contributed by atoms with Gasteiger partial charge in [0.15, 0.2) is 0 Å². The summed E-state index contributed by atoms with van der Waals surface area (Å²) >= 11 is 0. The Kier molecular flexibility index (Phi) is 7.29. The molecular weight excluding hydrogens is 320 g/mol. The van der Waals surface area contributed by atoms with Crippen LogP contribution in [0.2, 0.25) is 0 Å². The number of hydrogen-bond acceptors (Lipinski definition) is 2. The van der Waals surface area contributed by atoms with E-state index in [0.29, 0.717) is 6.54 Å². The summed E-state index contributed by atoms with van der Waals surface area (Å²) in [5.74, 6) is 0.0990. The molecule has 1 fully saturated rings. The predicted octanol–water partition coefficient (Wildman–Crippen LogP) is 3.95. The van der Waals surface area contributed by atoms with Gasteiger partial charge in [-0.15, -0.1) is 12.4 Å². The van der Waals surface area contributed by atoms with Crippen LogP contribution in [0.25, 0.3) is 0 Å². The zero-order valence-corrected chi connectivity index (χ0v) is 14.7. The standard InChI is InChI=1S/C20H24N2O.ClH/c23-20(21-16-17-10-4-1-5-11-17)19(18-12-6-2-7-13-18)22-14-8-3-9-15-22;/h1-2,4-7,10-13,19H,3,8-9,14-16H2,(H,21,23);1H. The fourth-order valence-electron chi connectivity index (χ4n) is 3.22. The van der Waals surface area contributed by atoms with E-state index in [1.165, 1.54) is 19.3 Å². The van der Waals surface area contributed by atoms with Crippen molar-refractivity contribution in [1.82, 2.24) is 10.2 Å². The number of amides is 1. The summed E-state index contributed by atoms with van der Waals surface area (Å²) in [4.78, 5) is 15.2. The number of carbonyl (C=O) groups is 1. The first-order valence-electron chi connectivity index (χ1n) is 8.45. The Morgan fingerprint density at radius 1 is 0.917 bits per heavy atom. The Morgan fingerprint density at radius 2 is 1.50 bits per heavy atom. The van der Waals surface area contributed by atoms with Gasteiger partial charge in [-0.25, -0.2) is 0 Å². The molecule has 1 atom stereocenters. The van der Waals surface area contributed by atoms with Gasteiger partial charge in [-0.05, 0) is 37.1 Å². The first-order chi connectivity index (χ1) is 11.3. The lowest BCUT2D eigenvalue weighted by Gasteiger charge is -2.34. The van der Waals surface area contributed by atoms with Crippen molar-refractivity contribution >= 4 is 18.3 Å². The average Bonchev–Trinajstić information content (AvgIpc) is 2.63. The van der Waals surface area contributed by atoms with E-state index >= 15 is 0 Å². The Hall–Kier alpha value is -1.84. The van der Waals surface area contributed by atoms with Gasteiger partial charge >= 0.3 is 0 Å². The molecule has 2 aromatic rings. The van der Waals surface area contributed by atoms with Crippen molar-refractivity contribution in [3.05, 3.63) is 71.8 Å². The van der Waals surface area contributed by atoms with Crippen LogP contribution in [0.1, 0.15) is 36.4 Å². The summed E-state index contributed by atoms with van der Waals surface area (Å²) in [5, 5.41) is 3.11. The van der Waals surface area contributed by atoms with Gasteiger partial charge < -0.3 is 5.32 Å². The van der Waals surface area contributed by atoms with E-state index in [1.807, 2.05) is 48.5 Å². The third-order valence-corrected chi connectivity index (χ3v) is 4.43. The van der Waals surface area contributed by atoms with Gasteiger partial charge in [0.2, 0.25) is 5.91 Å². The van der Waals surface area contributed by atoms with Crippen LogP contribution in [0, 0.1) is 0 Å². The largest absolute Gasteiger partial charge is 0.350 e. The minimum Gasteiger partial charge on any atom is -0.350 e. The van der Waals surface area contributed by atoms with Crippen LogP contribution >= 0.6 is 12.4 Å². The molecular formula is C20H25ClN2O. The molecule has 0 aliphatic carbocycles. The monoisotopic (exact) mass is 344 g/mol. The number of halogens is 1. The van der Waals surface area contributed by atoms with E-state index in [9.17, 15) is 4.79 Å². The average molecular weight is 345 g/mol. The number of benzene rings is 2. The number of nitrogens with one attached hydrogen (secondary N) is 1. The lowest BCUT2D eigenvalue weighted by atomic mass is 10.0. The van der Waals surface area contributed by atoms with Gasteiger partial charge in [-0.1, -0.05) is 67.1 Å². The molecule has 0 saturated carbocycles. The van der Waals surface area contributed by atoms with Crippen molar-refractivity contribution in [2.75, 3.05) is 13.1 Å². The smallest absolute Gasteiger partial charge is 0.242 e. The van der Waals surface area contributed by atoms with Gasteiger partial charge in [0.1, 0.15) is 6.04 Å². The van der Waals surface area contributed by atoms with Gasteiger partial charge in [-0.2, -0.15) is 0 Å². The van der Waals surface area contributed by atoms with Crippen LogP contribution in [0.3, 0.4) is 0 Å².